The first kappa shape index (κ1) is 17.9. The third-order valence-corrected chi connectivity index (χ3v) is 4.66. The average Bonchev–Trinajstić information content (AvgIpc) is 2.76. The fraction of sp³-hybridized carbons (Fsp3) is 0.190. The molecule has 2 aromatic carbocycles. The second-order valence-corrected chi connectivity index (χ2v) is 6.51. The Morgan fingerprint density at radius 1 is 0.893 bits per heavy atom. The van der Waals surface area contributed by atoms with E-state index in [2.05, 4.69) is 37.2 Å². The summed E-state index contributed by atoms with van der Waals surface area (Å²) in [7, 11) is 0. The van der Waals surface area contributed by atoms with Gasteiger partial charge in [-0.15, -0.1) is 0 Å². The van der Waals surface area contributed by atoms with Crippen LogP contribution in [0.15, 0.2) is 66.9 Å². The summed E-state index contributed by atoms with van der Waals surface area (Å²) in [6.07, 6.45) is 1.59. The Kier molecular flexibility index (Phi) is 5.14. The van der Waals surface area contributed by atoms with Crippen LogP contribution < -0.4 is 15.1 Å². The van der Waals surface area contributed by atoms with Crippen molar-refractivity contribution in [2.75, 3.05) is 41.3 Å². The van der Waals surface area contributed by atoms with Crippen LogP contribution in [-0.4, -0.2) is 42.1 Å². The minimum Gasteiger partial charge on any atom is -0.368 e. The van der Waals surface area contributed by atoms with Crippen LogP contribution in [-0.2, 0) is 0 Å². The Labute approximate surface area is 162 Å². The van der Waals surface area contributed by atoms with Gasteiger partial charge in [0.25, 0.3) is 5.91 Å². The normalized spacial score (nSPS) is 14.0. The lowest BCUT2D eigenvalue weighted by Gasteiger charge is -2.36. The van der Waals surface area contributed by atoms with E-state index < -0.39 is 0 Å². The first-order valence-electron chi connectivity index (χ1n) is 9.14. The van der Waals surface area contributed by atoms with E-state index in [0.29, 0.717) is 11.6 Å². The smallest absolute Gasteiger partial charge is 0.274 e. The summed E-state index contributed by atoms with van der Waals surface area (Å²) in [6.45, 7) is 3.27. The molecule has 1 aliphatic heterocycles. The highest BCUT2D eigenvalue weighted by Crippen LogP contribution is 2.18. The third-order valence-electron chi connectivity index (χ3n) is 4.66. The van der Waals surface area contributed by atoms with Crippen molar-refractivity contribution in [1.29, 1.82) is 0 Å². The van der Waals surface area contributed by atoms with Crippen molar-refractivity contribution in [2.45, 2.75) is 0 Å². The van der Waals surface area contributed by atoms with E-state index in [9.17, 15) is 9.18 Å². The molecule has 0 aliphatic carbocycles. The molecular formula is C21H20FN5O. The van der Waals surface area contributed by atoms with Gasteiger partial charge < -0.3 is 15.1 Å². The molecule has 28 heavy (non-hydrogen) atoms. The zero-order chi connectivity index (χ0) is 19.3. The lowest BCUT2D eigenvalue weighted by atomic mass is 10.2. The fourth-order valence-corrected chi connectivity index (χ4v) is 3.16. The largest absolute Gasteiger partial charge is 0.368 e. The van der Waals surface area contributed by atoms with Gasteiger partial charge >= 0.3 is 0 Å². The van der Waals surface area contributed by atoms with Crippen molar-refractivity contribution in [1.82, 2.24) is 9.97 Å². The number of carbonyl (C=O) groups is 1. The van der Waals surface area contributed by atoms with Gasteiger partial charge in [0.1, 0.15) is 11.5 Å². The first-order valence-corrected chi connectivity index (χ1v) is 9.14. The second kappa shape index (κ2) is 8.04. The van der Waals surface area contributed by atoms with Gasteiger partial charge in [-0.05, 0) is 42.5 Å². The number of benzene rings is 2. The van der Waals surface area contributed by atoms with Gasteiger partial charge in [-0.2, -0.15) is 0 Å². The van der Waals surface area contributed by atoms with Crippen molar-refractivity contribution in [2.24, 2.45) is 0 Å². The van der Waals surface area contributed by atoms with Gasteiger partial charge in [-0.25, -0.2) is 14.4 Å². The summed E-state index contributed by atoms with van der Waals surface area (Å²) in [6, 6.07) is 17.5. The molecule has 0 atom stereocenters. The maximum absolute atomic E-state index is 13.0. The van der Waals surface area contributed by atoms with Crippen LogP contribution in [0, 0.1) is 5.82 Å². The standard InChI is InChI=1S/C21H20FN5O/c22-16-6-8-17(9-7-16)24-20(28)19-10-11-23-21(25-19)27-14-12-26(13-15-27)18-4-2-1-3-5-18/h1-11H,12-15H2,(H,24,28). The Hall–Kier alpha value is -3.48. The number of nitrogens with one attached hydrogen (secondary N) is 1. The summed E-state index contributed by atoms with van der Waals surface area (Å²) in [5.41, 5.74) is 2.00. The number of halogens is 1. The molecule has 1 aromatic heterocycles. The number of para-hydroxylation sites is 1. The summed E-state index contributed by atoms with van der Waals surface area (Å²) in [4.78, 5) is 25.6. The minimum absolute atomic E-state index is 0.278. The molecule has 0 unspecified atom stereocenters. The molecule has 7 heteroatoms. The van der Waals surface area contributed by atoms with E-state index in [4.69, 9.17) is 0 Å². The predicted octanol–water partition coefficient (Wildman–Crippen LogP) is 3.19. The molecule has 2 heterocycles. The number of nitrogens with zero attached hydrogens (tertiary/aromatic N) is 4. The highest BCUT2D eigenvalue weighted by molar-refractivity contribution is 6.02. The summed E-state index contributed by atoms with van der Waals surface area (Å²) < 4.78 is 13.0. The maximum Gasteiger partial charge on any atom is 0.274 e. The number of anilines is 3. The van der Waals surface area contributed by atoms with Crippen LogP contribution in [0.4, 0.5) is 21.7 Å². The lowest BCUT2D eigenvalue weighted by Crippen LogP contribution is -2.47. The van der Waals surface area contributed by atoms with Crippen LogP contribution in [0.1, 0.15) is 10.5 Å². The fourth-order valence-electron chi connectivity index (χ4n) is 3.16. The number of rotatable bonds is 4. The molecule has 0 bridgehead atoms. The van der Waals surface area contributed by atoms with Gasteiger partial charge in [0, 0.05) is 43.8 Å². The van der Waals surface area contributed by atoms with Crippen molar-refractivity contribution in [3.05, 3.63) is 78.4 Å². The highest BCUT2D eigenvalue weighted by atomic mass is 19.1. The van der Waals surface area contributed by atoms with Gasteiger partial charge in [0.05, 0.1) is 0 Å². The summed E-state index contributed by atoms with van der Waals surface area (Å²) in [5.74, 6) is -0.158. The van der Waals surface area contributed by atoms with Gasteiger partial charge in [0.15, 0.2) is 0 Å². The van der Waals surface area contributed by atoms with Gasteiger partial charge in [-0.1, -0.05) is 18.2 Å². The van der Waals surface area contributed by atoms with Crippen LogP contribution in [0.5, 0.6) is 0 Å². The molecule has 0 radical (unpaired) electrons. The number of amides is 1. The molecule has 1 aliphatic rings. The van der Waals surface area contributed by atoms with Crippen LogP contribution >= 0.6 is 0 Å². The molecule has 3 aromatic rings. The van der Waals surface area contributed by atoms with Crippen LogP contribution in [0.2, 0.25) is 0 Å². The van der Waals surface area contributed by atoms with Gasteiger partial charge in [-0.3, -0.25) is 4.79 Å². The maximum atomic E-state index is 13.0. The summed E-state index contributed by atoms with van der Waals surface area (Å²) in [5, 5.41) is 2.72. The Bertz CT molecular complexity index is 941. The number of aromatic nitrogens is 2. The van der Waals surface area contributed by atoms with Crippen LogP contribution in [0.25, 0.3) is 0 Å². The van der Waals surface area contributed by atoms with Gasteiger partial charge in [0.2, 0.25) is 5.95 Å². The molecule has 4 rings (SSSR count). The molecule has 6 nitrogen and oxygen atoms in total. The van der Waals surface area contributed by atoms with E-state index in [1.54, 1.807) is 12.3 Å². The molecular weight excluding hydrogens is 357 g/mol. The first-order chi connectivity index (χ1) is 13.7. The third kappa shape index (κ3) is 4.09. The van der Waals surface area contributed by atoms with E-state index >= 15 is 0 Å². The van der Waals surface area contributed by atoms with E-state index in [1.165, 1.54) is 30.0 Å². The zero-order valence-electron chi connectivity index (χ0n) is 15.3. The molecule has 1 saturated heterocycles. The van der Waals surface area contributed by atoms with E-state index in [-0.39, 0.29) is 17.4 Å². The Morgan fingerprint density at radius 2 is 1.57 bits per heavy atom. The van der Waals surface area contributed by atoms with Crippen molar-refractivity contribution in [3.63, 3.8) is 0 Å². The summed E-state index contributed by atoms with van der Waals surface area (Å²) >= 11 is 0. The monoisotopic (exact) mass is 377 g/mol. The molecule has 1 fully saturated rings. The second-order valence-electron chi connectivity index (χ2n) is 6.51. The highest BCUT2D eigenvalue weighted by Gasteiger charge is 2.20. The topological polar surface area (TPSA) is 61.4 Å². The number of carbonyl (C=O) groups excluding carboxylic acids is 1. The number of hydrogen-bond donors (Lipinski definition) is 1. The zero-order valence-corrected chi connectivity index (χ0v) is 15.3. The quantitative estimate of drug-likeness (QED) is 0.757. The average molecular weight is 377 g/mol. The van der Waals surface area contributed by atoms with E-state index in [1.807, 2.05) is 18.2 Å². The SMILES string of the molecule is O=C(Nc1ccc(F)cc1)c1ccnc(N2CCN(c3ccccc3)CC2)n1. The molecule has 0 spiro atoms. The Balaban J connectivity index is 1.41. The van der Waals surface area contributed by atoms with Crippen LogP contribution in [0.3, 0.4) is 0 Å². The predicted molar refractivity (Wildman–Crippen MR) is 107 cm³/mol. The number of piperazine rings is 1. The number of hydrogen-bond acceptors (Lipinski definition) is 5. The lowest BCUT2D eigenvalue weighted by molar-refractivity contribution is 0.102. The molecule has 142 valence electrons. The Morgan fingerprint density at radius 3 is 2.29 bits per heavy atom. The minimum atomic E-state index is -0.350. The van der Waals surface area contributed by atoms with E-state index in [0.717, 1.165) is 26.2 Å². The molecule has 1 N–H and O–H groups in total. The molecule has 0 saturated carbocycles. The van der Waals surface area contributed by atoms with Crippen molar-refractivity contribution < 1.29 is 9.18 Å². The van der Waals surface area contributed by atoms with Crippen molar-refractivity contribution in [3.8, 4) is 0 Å². The molecule has 1 amide bonds. The van der Waals surface area contributed by atoms with Crippen molar-refractivity contribution >= 4 is 23.2 Å².